The zero-order valence-corrected chi connectivity index (χ0v) is 13.7. The number of halogens is 1. The molecular formula is C17H23FO4. The van der Waals surface area contributed by atoms with Gasteiger partial charge in [0.2, 0.25) is 12.0 Å². The number of hydrogen-bond donors (Lipinski definition) is 0. The topological polar surface area (TPSA) is 52.6 Å². The van der Waals surface area contributed by atoms with Crippen LogP contribution in [0.4, 0.5) is 4.39 Å². The van der Waals surface area contributed by atoms with Gasteiger partial charge in [-0.3, -0.25) is 9.59 Å². The molecule has 0 aliphatic carbocycles. The molecule has 122 valence electrons. The van der Waals surface area contributed by atoms with Gasteiger partial charge < -0.3 is 9.47 Å². The molecule has 0 radical (unpaired) electrons. The lowest BCUT2D eigenvalue weighted by atomic mass is 9.85. The molecule has 1 atom stereocenters. The number of rotatable bonds is 7. The molecule has 4 nitrogen and oxygen atoms in total. The quantitative estimate of drug-likeness (QED) is 0.570. The maximum absolute atomic E-state index is 14.3. The molecule has 0 aromatic heterocycles. The fourth-order valence-electron chi connectivity index (χ4n) is 1.87. The second kappa shape index (κ2) is 7.38. The van der Waals surface area contributed by atoms with E-state index in [1.807, 2.05) is 6.92 Å². The average molecular weight is 310 g/mol. The van der Waals surface area contributed by atoms with Crippen LogP contribution in [0.2, 0.25) is 0 Å². The smallest absolute Gasteiger partial charge is 0.221 e. The number of ether oxygens (including phenoxy) is 2. The first-order valence-corrected chi connectivity index (χ1v) is 7.34. The van der Waals surface area contributed by atoms with Crippen LogP contribution in [0.1, 0.15) is 45.0 Å². The van der Waals surface area contributed by atoms with Gasteiger partial charge in [0.1, 0.15) is 11.5 Å². The molecule has 0 aliphatic heterocycles. The third-order valence-corrected chi connectivity index (χ3v) is 3.03. The predicted molar refractivity (Wildman–Crippen MR) is 82.5 cm³/mol. The van der Waals surface area contributed by atoms with Crippen molar-refractivity contribution in [2.75, 3.05) is 13.2 Å². The fraction of sp³-hybridized carbons (Fsp3) is 0.529. The van der Waals surface area contributed by atoms with Crippen molar-refractivity contribution in [3.8, 4) is 11.5 Å². The summed E-state index contributed by atoms with van der Waals surface area (Å²) in [6, 6.07) is 4.53. The Bertz CT molecular complexity index is 546. The lowest BCUT2D eigenvalue weighted by Crippen LogP contribution is -2.35. The summed E-state index contributed by atoms with van der Waals surface area (Å²) in [6.07, 6.45) is -2.20. The van der Waals surface area contributed by atoms with Crippen LogP contribution in [-0.2, 0) is 4.79 Å². The Morgan fingerprint density at radius 3 is 2.23 bits per heavy atom. The van der Waals surface area contributed by atoms with Gasteiger partial charge in [-0.2, -0.15) is 0 Å². The second-order valence-electron chi connectivity index (χ2n) is 5.87. The monoisotopic (exact) mass is 310 g/mol. The summed E-state index contributed by atoms with van der Waals surface area (Å²) in [6.45, 7) is 9.12. The van der Waals surface area contributed by atoms with Crippen molar-refractivity contribution in [1.82, 2.24) is 0 Å². The van der Waals surface area contributed by atoms with E-state index in [9.17, 15) is 14.0 Å². The molecule has 0 spiro atoms. The number of alkyl halides is 1. The molecule has 1 aromatic carbocycles. The van der Waals surface area contributed by atoms with Crippen LogP contribution in [0.5, 0.6) is 11.5 Å². The first-order valence-electron chi connectivity index (χ1n) is 7.34. The van der Waals surface area contributed by atoms with E-state index in [1.165, 1.54) is 12.1 Å². The summed E-state index contributed by atoms with van der Waals surface area (Å²) in [5.74, 6) is -0.872. The van der Waals surface area contributed by atoms with Crippen LogP contribution in [0.25, 0.3) is 0 Å². The van der Waals surface area contributed by atoms with Gasteiger partial charge in [0.15, 0.2) is 5.78 Å². The van der Waals surface area contributed by atoms with Gasteiger partial charge in [-0.25, -0.2) is 4.39 Å². The zero-order valence-electron chi connectivity index (χ0n) is 13.7. The number of ketones is 2. The summed E-state index contributed by atoms with van der Waals surface area (Å²) >= 11 is 0. The van der Waals surface area contributed by atoms with E-state index >= 15 is 0 Å². The Kier molecular flexibility index (Phi) is 6.09. The summed E-state index contributed by atoms with van der Waals surface area (Å²) < 4.78 is 25.0. The van der Waals surface area contributed by atoms with E-state index in [0.29, 0.717) is 19.0 Å². The van der Waals surface area contributed by atoms with Gasteiger partial charge in [-0.1, -0.05) is 20.8 Å². The van der Waals surface area contributed by atoms with Gasteiger partial charge in [0, 0.05) is 11.5 Å². The number of hydrogen-bond acceptors (Lipinski definition) is 4. The van der Waals surface area contributed by atoms with Crippen molar-refractivity contribution < 1.29 is 23.5 Å². The predicted octanol–water partition coefficient (Wildman–Crippen LogP) is 3.62. The van der Waals surface area contributed by atoms with Gasteiger partial charge >= 0.3 is 0 Å². The Labute approximate surface area is 130 Å². The highest BCUT2D eigenvalue weighted by atomic mass is 19.1. The summed E-state index contributed by atoms with van der Waals surface area (Å²) in [7, 11) is 0. The van der Waals surface area contributed by atoms with E-state index in [0.717, 1.165) is 0 Å². The van der Waals surface area contributed by atoms with Crippen molar-refractivity contribution in [3.63, 3.8) is 0 Å². The molecule has 1 aromatic rings. The van der Waals surface area contributed by atoms with E-state index in [-0.39, 0.29) is 11.3 Å². The molecule has 0 heterocycles. The Hall–Kier alpha value is -1.91. The van der Waals surface area contributed by atoms with E-state index in [1.54, 1.807) is 33.8 Å². The van der Waals surface area contributed by atoms with Crippen molar-refractivity contribution in [2.24, 2.45) is 5.41 Å². The molecule has 1 rings (SSSR count). The third kappa shape index (κ3) is 4.29. The van der Waals surface area contributed by atoms with Crippen molar-refractivity contribution in [1.29, 1.82) is 0 Å². The van der Waals surface area contributed by atoms with Gasteiger partial charge in [0.25, 0.3) is 0 Å². The van der Waals surface area contributed by atoms with Crippen LogP contribution in [-0.4, -0.2) is 31.0 Å². The van der Waals surface area contributed by atoms with Crippen LogP contribution in [0, 0.1) is 5.41 Å². The minimum absolute atomic E-state index is 0.0513. The normalized spacial score (nSPS) is 12.6. The first-order chi connectivity index (χ1) is 10.2. The molecule has 0 aliphatic rings. The molecule has 0 amide bonds. The number of benzene rings is 1. The highest BCUT2D eigenvalue weighted by molar-refractivity contribution is 6.15. The standard InChI is InChI=1S/C17H23FO4/c1-6-21-11-8-9-12(13(10-11)22-7-2)15(19)14(18)16(20)17(3,4)5/h8-10,14H,6-7H2,1-5H3. The van der Waals surface area contributed by atoms with Crippen LogP contribution in [0.15, 0.2) is 18.2 Å². The van der Waals surface area contributed by atoms with Gasteiger partial charge in [0.05, 0.1) is 18.8 Å². The largest absolute Gasteiger partial charge is 0.494 e. The molecule has 5 heteroatoms. The van der Waals surface area contributed by atoms with E-state index in [2.05, 4.69) is 0 Å². The molecule has 0 bridgehead atoms. The minimum atomic E-state index is -2.20. The fourth-order valence-corrected chi connectivity index (χ4v) is 1.87. The van der Waals surface area contributed by atoms with Crippen molar-refractivity contribution in [2.45, 2.75) is 40.8 Å². The molecule has 0 saturated heterocycles. The Balaban J connectivity index is 3.13. The van der Waals surface area contributed by atoms with E-state index < -0.39 is 23.2 Å². The van der Waals surface area contributed by atoms with Gasteiger partial charge in [-0.05, 0) is 26.0 Å². The second-order valence-corrected chi connectivity index (χ2v) is 5.87. The zero-order chi connectivity index (χ0) is 16.9. The highest BCUT2D eigenvalue weighted by Crippen LogP contribution is 2.28. The van der Waals surface area contributed by atoms with Crippen LogP contribution < -0.4 is 9.47 Å². The van der Waals surface area contributed by atoms with Crippen LogP contribution >= 0.6 is 0 Å². The SMILES string of the molecule is CCOc1ccc(C(=O)C(F)C(=O)C(C)(C)C)c(OCC)c1. The molecule has 22 heavy (non-hydrogen) atoms. The first kappa shape index (κ1) is 18.1. The van der Waals surface area contributed by atoms with E-state index in [4.69, 9.17) is 9.47 Å². The minimum Gasteiger partial charge on any atom is -0.494 e. The molecular weight excluding hydrogens is 287 g/mol. The lowest BCUT2D eigenvalue weighted by Gasteiger charge is -2.19. The third-order valence-electron chi connectivity index (χ3n) is 3.03. The average Bonchev–Trinajstić information content (AvgIpc) is 2.45. The number of carbonyl (C=O) groups excluding carboxylic acids is 2. The molecule has 0 N–H and O–H groups in total. The highest BCUT2D eigenvalue weighted by Gasteiger charge is 2.36. The van der Waals surface area contributed by atoms with Gasteiger partial charge in [-0.15, -0.1) is 0 Å². The van der Waals surface area contributed by atoms with Crippen molar-refractivity contribution in [3.05, 3.63) is 23.8 Å². The molecule has 0 fully saturated rings. The summed E-state index contributed by atoms with van der Waals surface area (Å²) in [5, 5.41) is 0. The Morgan fingerprint density at radius 2 is 1.73 bits per heavy atom. The number of Topliss-reactive ketones (excluding diaryl/α,β-unsaturated/α-hetero) is 2. The summed E-state index contributed by atoms with van der Waals surface area (Å²) in [5.41, 5.74) is -0.873. The maximum atomic E-state index is 14.3. The number of carbonyl (C=O) groups is 2. The molecule has 0 saturated carbocycles. The summed E-state index contributed by atoms with van der Waals surface area (Å²) in [4.78, 5) is 24.2. The van der Waals surface area contributed by atoms with Crippen molar-refractivity contribution >= 4 is 11.6 Å². The lowest BCUT2D eigenvalue weighted by molar-refractivity contribution is -0.129. The molecule has 1 unspecified atom stereocenters. The Morgan fingerprint density at radius 1 is 1.14 bits per heavy atom. The van der Waals surface area contributed by atoms with Crippen LogP contribution in [0.3, 0.4) is 0 Å². The maximum Gasteiger partial charge on any atom is 0.221 e.